The zero-order valence-corrected chi connectivity index (χ0v) is 14.0. The van der Waals surface area contributed by atoms with E-state index in [0.717, 1.165) is 34.8 Å². The van der Waals surface area contributed by atoms with E-state index in [0.29, 0.717) is 10.8 Å². The van der Waals surface area contributed by atoms with Gasteiger partial charge in [0.05, 0.1) is 11.4 Å². The molecule has 4 nitrogen and oxygen atoms in total. The summed E-state index contributed by atoms with van der Waals surface area (Å²) in [6, 6.07) is 6.34. The van der Waals surface area contributed by atoms with E-state index in [9.17, 15) is 9.90 Å². The Hall–Kier alpha value is -2.14. The maximum atomic E-state index is 11.5. The van der Waals surface area contributed by atoms with Crippen molar-refractivity contribution >= 4 is 22.3 Å². The molecule has 23 heavy (non-hydrogen) atoms. The molecule has 1 N–H and O–H groups in total. The minimum atomic E-state index is -0.838. The summed E-state index contributed by atoms with van der Waals surface area (Å²) in [7, 11) is 0. The molecule has 0 unspecified atom stereocenters. The van der Waals surface area contributed by atoms with Crippen molar-refractivity contribution in [3.63, 3.8) is 0 Å². The van der Waals surface area contributed by atoms with Crippen molar-refractivity contribution in [1.29, 1.82) is 0 Å². The van der Waals surface area contributed by atoms with E-state index >= 15 is 0 Å². The highest BCUT2D eigenvalue weighted by molar-refractivity contribution is 7.19. The lowest BCUT2D eigenvalue weighted by Crippen LogP contribution is -2.14. The van der Waals surface area contributed by atoms with Crippen LogP contribution in [0.25, 0.3) is 16.2 Å². The van der Waals surface area contributed by atoms with Crippen LogP contribution in [-0.4, -0.2) is 20.5 Å². The second kappa shape index (κ2) is 5.20. The van der Waals surface area contributed by atoms with Crippen molar-refractivity contribution < 1.29 is 9.90 Å². The zero-order valence-electron chi connectivity index (χ0n) is 13.2. The minimum Gasteiger partial charge on any atom is -0.477 e. The van der Waals surface area contributed by atoms with Gasteiger partial charge in [-0.25, -0.2) is 9.78 Å². The molecular weight excluding hydrogens is 308 g/mol. The molecule has 0 spiro atoms. The van der Waals surface area contributed by atoms with Gasteiger partial charge in [0.15, 0.2) is 4.96 Å². The van der Waals surface area contributed by atoms with Crippen LogP contribution in [0.2, 0.25) is 0 Å². The SMILES string of the molecule is Cc1ccc(-c2cn3c(C4CCC4)c(C(=O)O)sc3n2)c(C)c1. The molecule has 1 aromatic carbocycles. The van der Waals surface area contributed by atoms with Crippen LogP contribution in [0.3, 0.4) is 0 Å². The number of carbonyl (C=O) groups is 1. The van der Waals surface area contributed by atoms with Gasteiger partial charge in [-0.05, 0) is 32.3 Å². The van der Waals surface area contributed by atoms with E-state index in [4.69, 9.17) is 4.98 Å². The lowest BCUT2D eigenvalue weighted by atomic mass is 9.82. The molecule has 0 amide bonds. The van der Waals surface area contributed by atoms with Crippen LogP contribution in [0.5, 0.6) is 0 Å². The Labute approximate surface area is 138 Å². The van der Waals surface area contributed by atoms with E-state index in [-0.39, 0.29) is 0 Å². The number of rotatable bonds is 3. The van der Waals surface area contributed by atoms with Gasteiger partial charge in [-0.3, -0.25) is 4.40 Å². The number of benzene rings is 1. The summed E-state index contributed by atoms with van der Waals surface area (Å²) in [5, 5.41) is 9.48. The van der Waals surface area contributed by atoms with E-state index in [1.54, 1.807) is 0 Å². The Bertz CT molecular complexity index is 919. The van der Waals surface area contributed by atoms with Crippen LogP contribution in [-0.2, 0) is 0 Å². The molecule has 5 heteroatoms. The first kappa shape index (κ1) is 14.5. The number of fused-ring (bicyclic) bond motifs is 1. The molecule has 0 atom stereocenters. The predicted octanol–water partition coefficient (Wildman–Crippen LogP) is 4.65. The number of nitrogens with zero attached hydrogens (tertiary/aromatic N) is 2. The highest BCUT2D eigenvalue weighted by Gasteiger charge is 2.30. The van der Waals surface area contributed by atoms with Crippen LogP contribution < -0.4 is 0 Å². The van der Waals surface area contributed by atoms with Gasteiger partial charge in [0.1, 0.15) is 4.88 Å². The minimum absolute atomic E-state index is 0.357. The molecule has 1 fully saturated rings. The van der Waals surface area contributed by atoms with E-state index in [1.807, 2.05) is 10.6 Å². The summed E-state index contributed by atoms with van der Waals surface area (Å²) in [5.41, 5.74) is 5.40. The van der Waals surface area contributed by atoms with Crippen LogP contribution in [0.1, 0.15) is 51.7 Å². The first-order valence-electron chi connectivity index (χ1n) is 7.87. The fraction of sp³-hybridized carbons (Fsp3) is 0.333. The van der Waals surface area contributed by atoms with E-state index in [1.165, 1.54) is 28.9 Å². The van der Waals surface area contributed by atoms with Gasteiger partial charge in [-0.15, -0.1) is 0 Å². The summed E-state index contributed by atoms with van der Waals surface area (Å²) in [6.45, 7) is 4.17. The lowest BCUT2D eigenvalue weighted by molar-refractivity contribution is 0.0699. The molecule has 1 aliphatic carbocycles. The number of imidazole rings is 1. The number of hydrogen-bond donors (Lipinski definition) is 1. The van der Waals surface area contributed by atoms with Gasteiger partial charge in [-0.1, -0.05) is 41.5 Å². The third-order valence-electron chi connectivity index (χ3n) is 4.70. The van der Waals surface area contributed by atoms with E-state index < -0.39 is 5.97 Å². The van der Waals surface area contributed by atoms with Gasteiger partial charge in [0, 0.05) is 17.7 Å². The molecule has 1 aliphatic rings. The zero-order chi connectivity index (χ0) is 16.1. The van der Waals surface area contributed by atoms with Crippen LogP contribution >= 0.6 is 11.3 Å². The number of aromatic carboxylic acids is 1. The first-order chi connectivity index (χ1) is 11.0. The summed E-state index contributed by atoms with van der Waals surface area (Å²) in [6.07, 6.45) is 5.33. The topological polar surface area (TPSA) is 54.6 Å². The maximum Gasteiger partial charge on any atom is 0.347 e. The summed E-state index contributed by atoms with van der Waals surface area (Å²) in [4.78, 5) is 17.5. The average molecular weight is 326 g/mol. The quantitative estimate of drug-likeness (QED) is 0.762. The average Bonchev–Trinajstić information content (AvgIpc) is 2.96. The number of aryl methyl sites for hydroxylation is 2. The molecule has 0 radical (unpaired) electrons. The highest BCUT2D eigenvalue weighted by atomic mass is 32.1. The predicted molar refractivity (Wildman–Crippen MR) is 91.5 cm³/mol. The van der Waals surface area contributed by atoms with Crippen molar-refractivity contribution in [3.8, 4) is 11.3 Å². The van der Waals surface area contributed by atoms with Crippen molar-refractivity contribution in [2.24, 2.45) is 0 Å². The Kier molecular flexibility index (Phi) is 3.27. The maximum absolute atomic E-state index is 11.5. The number of carboxylic acids is 1. The summed E-state index contributed by atoms with van der Waals surface area (Å²) in [5.74, 6) is -0.480. The molecule has 0 aliphatic heterocycles. The summed E-state index contributed by atoms with van der Waals surface area (Å²) >= 11 is 1.29. The van der Waals surface area contributed by atoms with Gasteiger partial charge in [0.25, 0.3) is 0 Å². The highest BCUT2D eigenvalue weighted by Crippen LogP contribution is 2.41. The third kappa shape index (κ3) is 2.27. The molecule has 4 rings (SSSR count). The monoisotopic (exact) mass is 326 g/mol. The van der Waals surface area contributed by atoms with Crippen molar-refractivity contribution in [1.82, 2.24) is 9.38 Å². The molecule has 118 valence electrons. The third-order valence-corrected chi connectivity index (χ3v) is 5.76. The van der Waals surface area contributed by atoms with Crippen molar-refractivity contribution in [2.45, 2.75) is 39.0 Å². The van der Waals surface area contributed by atoms with Crippen LogP contribution in [0, 0.1) is 13.8 Å². The van der Waals surface area contributed by atoms with E-state index in [2.05, 4.69) is 32.0 Å². The second-order valence-corrected chi connectivity index (χ2v) is 7.32. The largest absolute Gasteiger partial charge is 0.477 e. The van der Waals surface area contributed by atoms with Gasteiger partial charge in [0.2, 0.25) is 0 Å². The van der Waals surface area contributed by atoms with Crippen LogP contribution in [0.15, 0.2) is 24.4 Å². The summed E-state index contributed by atoms with van der Waals surface area (Å²) < 4.78 is 2.01. The Morgan fingerprint density at radius 1 is 1.35 bits per heavy atom. The number of hydrogen-bond acceptors (Lipinski definition) is 3. The number of carboxylic acid groups (broad SMARTS) is 1. The Morgan fingerprint density at radius 3 is 2.74 bits per heavy atom. The fourth-order valence-corrected chi connectivity index (χ4v) is 4.34. The number of aromatic nitrogens is 2. The van der Waals surface area contributed by atoms with Crippen LogP contribution in [0.4, 0.5) is 0 Å². The molecule has 0 saturated heterocycles. The normalized spacial score (nSPS) is 15.0. The van der Waals surface area contributed by atoms with Gasteiger partial charge in [-0.2, -0.15) is 0 Å². The lowest BCUT2D eigenvalue weighted by Gasteiger charge is -2.25. The molecular formula is C18H18N2O2S. The van der Waals surface area contributed by atoms with Gasteiger partial charge < -0.3 is 5.11 Å². The Morgan fingerprint density at radius 2 is 2.13 bits per heavy atom. The molecule has 2 heterocycles. The number of thiazole rings is 1. The molecule has 1 saturated carbocycles. The molecule has 0 bridgehead atoms. The second-order valence-electron chi connectivity index (χ2n) is 6.35. The smallest absolute Gasteiger partial charge is 0.347 e. The van der Waals surface area contributed by atoms with Crippen molar-refractivity contribution in [3.05, 3.63) is 46.1 Å². The fourth-order valence-electron chi connectivity index (χ4n) is 3.31. The molecule has 3 aromatic rings. The van der Waals surface area contributed by atoms with Gasteiger partial charge >= 0.3 is 5.97 Å². The molecule has 2 aromatic heterocycles. The standard InChI is InChI=1S/C18H18N2O2S/c1-10-6-7-13(11(2)8-10)14-9-20-15(12-4-3-5-12)16(17(21)22)23-18(20)19-14/h6-9,12H,3-5H2,1-2H3,(H,21,22). The Balaban J connectivity index is 1.88. The van der Waals surface area contributed by atoms with Crippen molar-refractivity contribution in [2.75, 3.05) is 0 Å². The first-order valence-corrected chi connectivity index (χ1v) is 8.69.